The predicted molar refractivity (Wildman–Crippen MR) is 149 cm³/mol. The van der Waals surface area contributed by atoms with Gasteiger partial charge >= 0.3 is 5.97 Å². The summed E-state index contributed by atoms with van der Waals surface area (Å²) in [5.74, 6) is 0.380. The van der Waals surface area contributed by atoms with E-state index < -0.39 is 0 Å². The Morgan fingerprint density at radius 3 is 2.75 bits per heavy atom. The van der Waals surface area contributed by atoms with Gasteiger partial charge in [0.1, 0.15) is 5.00 Å². The number of amides is 1. The van der Waals surface area contributed by atoms with Crippen molar-refractivity contribution >= 4 is 51.3 Å². The van der Waals surface area contributed by atoms with Crippen LogP contribution in [-0.2, 0) is 35.3 Å². The fraction of sp³-hybridized carbons (Fsp3) is 0.462. The number of carbonyl (C=O) groups excluding carboxylic acids is 2. The highest BCUT2D eigenvalue weighted by Gasteiger charge is 2.26. The first kappa shape index (κ1) is 26.6. The second-order valence-corrected chi connectivity index (χ2v) is 11.8. The first-order valence-electron chi connectivity index (χ1n) is 12.2. The maximum absolute atomic E-state index is 13.0. The molecule has 7 nitrogen and oxygen atoms in total. The second-order valence-electron chi connectivity index (χ2n) is 8.69. The molecule has 0 saturated carbocycles. The Kier molecular flexibility index (Phi) is 9.03. The number of methoxy groups -OCH3 is 1. The molecule has 1 N–H and O–H groups in total. The van der Waals surface area contributed by atoms with Gasteiger partial charge in [-0.25, -0.2) is 4.79 Å². The van der Waals surface area contributed by atoms with Crippen molar-refractivity contribution in [1.82, 2.24) is 14.8 Å². The van der Waals surface area contributed by atoms with E-state index in [9.17, 15) is 9.59 Å². The van der Waals surface area contributed by atoms with Gasteiger partial charge in [-0.3, -0.25) is 9.36 Å². The molecule has 0 aliphatic heterocycles. The number of allylic oxidation sites excluding steroid dienone is 1. The fourth-order valence-electron chi connectivity index (χ4n) is 4.61. The smallest absolute Gasteiger partial charge is 0.341 e. The van der Waals surface area contributed by atoms with Crippen LogP contribution in [0.4, 0.5) is 5.00 Å². The second kappa shape index (κ2) is 12.2. The zero-order chi connectivity index (χ0) is 25.7. The van der Waals surface area contributed by atoms with Crippen LogP contribution in [0.5, 0.6) is 0 Å². The van der Waals surface area contributed by atoms with Crippen LogP contribution in [0.15, 0.2) is 23.2 Å². The number of carbonyl (C=O) groups is 2. The summed E-state index contributed by atoms with van der Waals surface area (Å²) in [6.45, 7) is 8.70. The minimum Gasteiger partial charge on any atom is -0.465 e. The third kappa shape index (κ3) is 5.60. The topological polar surface area (TPSA) is 86.1 Å². The first-order valence-corrected chi connectivity index (χ1v) is 14.9. The number of fused-ring (bicyclic) bond motifs is 1. The molecule has 10 heteroatoms. The van der Waals surface area contributed by atoms with E-state index in [1.54, 1.807) is 11.3 Å². The van der Waals surface area contributed by atoms with Crippen LogP contribution in [0.2, 0.25) is 0 Å². The summed E-state index contributed by atoms with van der Waals surface area (Å²) < 4.78 is 7.08. The van der Waals surface area contributed by atoms with Crippen molar-refractivity contribution in [3.63, 3.8) is 0 Å². The average molecular weight is 545 g/mol. The van der Waals surface area contributed by atoms with Gasteiger partial charge in [-0.1, -0.05) is 37.6 Å². The molecule has 3 aromatic heterocycles. The molecule has 1 aliphatic rings. The molecule has 0 unspecified atom stereocenters. The van der Waals surface area contributed by atoms with Gasteiger partial charge in [-0.15, -0.1) is 39.4 Å². The summed E-state index contributed by atoms with van der Waals surface area (Å²) in [6.07, 6.45) is 9.01. The SMILES string of the molecule is C=CCn1c(SCC(=O)Nc2sc3c(c2C(=O)OC)CCCCCC3)nnc1-c1csc(C)c1CC. The third-order valence-electron chi connectivity index (χ3n) is 6.37. The zero-order valence-corrected chi connectivity index (χ0v) is 23.5. The molecule has 3 aromatic rings. The lowest BCUT2D eigenvalue weighted by molar-refractivity contribution is -0.113. The van der Waals surface area contributed by atoms with E-state index in [2.05, 4.69) is 41.3 Å². The molecule has 4 rings (SSSR count). The van der Waals surface area contributed by atoms with E-state index >= 15 is 0 Å². The number of esters is 1. The van der Waals surface area contributed by atoms with Crippen molar-refractivity contribution in [2.75, 3.05) is 18.2 Å². The summed E-state index contributed by atoms with van der Waals surface area (Å²) >= 11 is 4.55. The maximum Gasteiger partial charge on any atom is 0.341 e. The molecule has 3 heterocycles. The van der Waals surface area contributed by atoms with Crippen LogP contribution >= 0.6 is 34.4 Å². The minimum atomic E-state index is -0.385. The number of aromatic nitrogens is 3. The van der Waals surface area contributed by atoms with E-state index in [0.29, 0.717) is 22.3 Å². The third-order valence-corrected chi connectivity index (χ3v) is 9.50. The lowest BCUT2D eigenvalue weighted by Gasteiger charge is -2.11. The van der Waals surface area contributed by atoms with Crippen molar-refractivity contribution in [2.24, 2.45) is 0 Å². The number of thioether (sulfide) groups is 1. The molecule has 1 aliphatic carbocycles. The van der Waals surface area contributed by atoms with Crippen LogP contribution in [0, 0.1) is 6.92 Å². The number of hydrogen-bond acceptors (Lipinski definition) is 8. The Morgan fingerprint density at radius 1 is 1.25 bits per heavy atom. The van der Waals surface area contributed by atoms with Crippen LogP contribution in [0.1, 0.15) is 63.8 Å². The number of thiophene rings is 2. The van der Waals surface area contributed by atoms with Crippen molar-refractivity contribution in [3.05, 3.63) is 44.5 Å². The zero-order valence-electron chi connectivity index (χ0n) is 21.0. The van der Waals surface area contributed by atoms with Crippen molar-refractivity contribution < 1.29 is 14.3 Å². The Bertz CT molecular complexity index is 1260. The lowest BCUT2D eigenvalue weighted by atomic mass is 9.96. The van der Waals surface area contributed by atoms with Gasteiger partial charge in [0.2, 0.25) is 5.91 Å². The Hall–Kier alpha value is -2.43. The number of nitrogens with zero attached hydrogens (tertiary/aromatic N) is 3. The molecule has 36 heavy (non-hydrogen) atoms. The Labute approximate surface area is 224 Å². The van der Waals surface area contributed by atoms with Crippen molar-refractivity contribution in [1.29, 1.82) is 0 Å². The molecular weight excluding hydrogens is 513 g/mol. The Morgan fingerprint density at radius 2 is 2.03 bits per heavy atom. The van der Waals surface area contributed by atoms with Gasteiger partial charge in [0.15, 0.2) is 11.0 Å². The molecule has 1 amide bonds. The number of hydrogen-bond donors (Lipinski definition) is 1. The molecule has 192 valence electrons. The minimum absolute atomic E-state index is 0.155. The number of aryl methyl sites for hydroxylation is 2. The average Bonchev–Trinajstić information content (AvgIpc) is 3.52. The van der Waals surface area contributed by atoms with Gasteiger partial charge in [-0.2, -0.15) is 0 Å². The molecular formula is C26H32N4O3S3. The van der Waals surface area contributed by atoms with Gasteiger partial charge in [-0.05, 0) is 50.2 Å². The Balaban J connectivity index is 1.53. The summed E-state index contributed by atoms with van der Waals surface area (Å²) in [6, 6.07) is 0. The summed E-state index contributed by atoms with van der Waals surface area (Å²) in [7, 11) is 1.39. The molecule has 0 bridgehead atoms. The van der Waals surface area contributed by atoms with Gasteiger partial charge in [0.25, 0.3) is 0 Å². The van der Waals surface area contributed by atoms with Crippen LogP contribution in [0.25, 0.3) is 11.4 Å². The van der Waals surface area contributed by atoms with Crippen LogP contribution < -0.4 is 5.32 Å². The maximum atomic E-state index is 13.0. The molecule has 0 spiro atoms. The van der Waals surface area contributed by atoms with E-state index in [-0.39, 0.29) is 17.6 Å². The van der Waals surface area contributed by atoms with E-state index in [4.69, 9.17) is 4.74 Å². The standard InChI is InChI=1S/C26H32N4O3S3/c1-5-13-30-23(19-14-34-16(3)17(19)6-2)28-29-26(30)35-15-21(31)27-24-22(25(32)33-4)18-11-9-7-8-10-12-20(18)36-24/h5,14H,1,6-13,15H2,2-4H3,(H,27,31). The van der Waals surface area contributed by atoms with E-state index in [1.807, 2.05) is 10.6 Å². The fourth-order valence-corrected chi connectivity index (χ4v) is 7.59. The molecule has 0 aromatic carbocycles. The van der Waals surface area contributed by atoms with Crippen molar-refractivity contribution in [2.45, 2.75) is 70.5 Å². The van der Waals surface area contributed by atoms with E-state index in [0.717, 1.165) is 55.5 Å². The highest BCUT2D eigenvalue weighted by molar-refractivity contribution is 7.99. The number of anilines is 1. The normalized spacial score (nSPS) is 13.5. The molecule has 0 atom stereocenters. The first-order chi connectivity index (χ1) is 17.5. The van der Waals surface area contributed by atoms with Crippen molar-refractivity contribution in [3.8, 4) is 11.4 Å². The number of nitrogens with one attached hydrogen (secondary N) is 1. The van der Waals surface area contributed by atoms with Gasteiger partial charge in [0, 0.05) is 27.2 Å². The molecule has 0 saturated heterocycles. The summed E-state index contributed by atoms with van der Waals surface area (Å²) in [4.78, 5) is 28.1. The number of rotatable bonds is 9. The van der Waals surface area contributed by atoms with E-state index in [1.165, 1.54) is 51.9 Å². The summed E-state index contributed by atoms with van der Waals surface area (Å²) in [5, 5.41) is 15.2. The lowest BCUT2D eigenvalue weighted by Crippen LogP contribution is -2.17. The van der Waals surface area contributed by atoms with Crippen LogP contribution in [0.3, 0.4) is 0 Å². The highest BCUT2D eigenvalue weighted by atomic mass is 32.2. The monoisotopic (exact) mass is 544 g/mol. The van der Waals surface area contributed by atoms with Crippen LogP contribution in [-0.4, -0.2) is 39.5 Å². The van der Waals surface area contributed by atoms with Gasteiger partial charge in [0.05, 0.1) is 18.4 Å². The van der Waals surface area contributed by atoms with Gasteiger partial charge < -0.3 is 10.1 Å². The highest BCUT2D eigenvalue weighted by Crippen LogP contribution is 2.38. The molecule has 0 fully saturated rings. The predicted octanol–water partition coefficient (Wildman–Crippen LogP) is 6.30. The molecule has 0 radical (unpaired) electrons. The number of ether oxygens (including phenoxy) is 1. The quantitative estimate of drug-likeness (QED) is 0.193. The largest absolute Gasteiger partial charge is 0.465 e. The summed E-state index contributed by atoms with van der Waals surface area (Å²) in [5.41, 5.74) is 3.93.